The fourth-order valence-corrected chi connectivity index (χ4v) is 5.47. The monoisotopic (exact) mass is 409 g/mol. The van der Waals surface area contributed by atoms with E-state index in [1.165, 1.54) is 0 Å². The highest BCUT2D eigenvalue weighted by molar-refractivity contribution is 6.42. The number of likely N-dealkylation sites (N-methyl/N-ethyl adjacent to an activating group) is 1. The number of hydrogen-bond donors (Lipinski definition) is 1. The van der Waals surface area contributed by atoms with Crippen LogP contribution in [0.25, 0.3) is 0 Å². The van der Waals surface area contributed by atoms with E-state index in [0.29, 0.717) is 10.0 Å². The molecule has 140 valence electrons. The highest BCUT2D eigenvalue weighted by Gasteiger charge is 2.58. The van der Waals surface area contributed by atoms with Crippen molar-refractivity contribution in [3.8, 4) is 18.2 Å². The Morgan fingerprint density at radius 2 is 1.86 bits per heavy atom. The molecule has 0 saturated carbocycles. The molecule has 4 rings (SSSR count). The lowest BCUT2D eigenvalue weighted by atomic mass is 9.56. The summed E-state index contributed by atoms with van der Waals surface area (Å²) in [4.78, 5) is 2.27. The van der Waals surface area contributed by atoms with Gasteiger partial charge >= 0.3 is 0 Å². The summed E-state index contributed by atoms with van der Waals surface area (Å²) in [5.74, 6) is -0.755. The van der Waals surface area contributed by atoms with Gasteiger partial charge in [0.05, 0.1) is 33.5 Å². The molecule has 2 N–H and O–H groups in total. The molecule has 28 heavy (non-hydrogen) atoms. The van der Waals surface area contributed by atoms with E-state index < -0.39 is 11.3 Å². The van der Waals surface area contributed by atoms with Gasteiger partial charge in [0, 0.05) is 23.9 Å². The molecule has 3 aliphatic rings. The normalized spacial score (nSPS) is 30.6. The molecular formula is C21H17Cl2N5. The van der Waals surface area contributed by atoms with Crippen LogP contribution in [0.5, 0.6) is 0 Å². The molecule has 2 heterocycles. The first kappa shape index (κ1) is 18.9. The number of hydrogen-bond acceptors (Lipinski definition) is 5. The Hall–Kier alpha value is -2.49. The Balaban J connectivity index is 2.05. The summed E-state index contributed by atoms with van der Waals surface area (Å²) in [7, 11) is 2.05. The zero-order chi connectivity index (χ0) is 20.2. The lowest BCUT2D eigenvalue weighted by Gasteiger charge is -2.48. The van der Waals surface area contributed by atoms with E-state index >= 15 is 0 Å². The van der Waals surface area contributed by atoms with Crippen molar-refractivity contribution in [2.24, 2.45) is 17.1 Å². The molecule has 5 nitrogen and oxygen atoms in total. The predicted octanol–water partition coefficient (Wildman–Crippen LogP) is 3.88. The number of nitriles is 3. The Morgan fingerprint density at radius 1 is 1.14 bits per heavy atom. The van der Waals surface area contributed by atoms with Gasteiger partial charge in [-0.1, -0.05) is 35.3 Å². The molecule has 1 aromatic carbocycles. The zero-order valence-electron chi connectivity index (χ0n) is 15.2. The minimum atomic E-state index is -1.65. The summed E-state index contributed by atoms with van der Waals surface area (Å²) in [6.45, 7) is 0. The van der Waals surface area contributed by atoms with Gasteiger partial charge in [0.2, 0.25) is 0 Å². The molecular weight excluding hydrogens is 393 g/mol. The minimum Gasteiger partial charge on any atom is -0.399 e. The largest absolute Gasteiger partial charge is 0.399 e. The van der Waals surface area contributed by atoms with Crippen molar-refractivity contribution < 1.29 is 0 Å². The van der Waals surface area contributed by atoms with Gasteiger partial charge in [0.1, 0.15) is 6.07 Å². The summed E-state index contributed by atoms with van der Waals surface area (Å²) >= 11 is 12.4. The van der Waals surface area contributed by atoms with Crippen LogP contribution in [0.2, 0.25) is 10.0 Å². The summed E-state index contributed by atoms with van der Waals surface area (Å²) in [6.07, 6.45) is 3.98. The Morgan fingerprint density at radius 3 is 2.46 bits per heavy atom. The molecule has 1 aliphatic carbocycles. The maximum Gasteiger partial charge on any atom is 0.191 e. The molecule has 4 atom stereocenters. The predicted molar refractivity (Wildman–Crippen MR) is 106 cm³/mol. The number of nitrogens with zero attached hydrogens (tertiary/aromatic N) is 4. The van der Waals surface area contributed by atoms with Gasteiger partial charge < -0.3 is 5.73 Å². The third-order valence-corrected chi connectivity index (χ3v) is 7.26. The smallest absolute Gasteiger partial charge is 0.191 e. The summed E-state index contributed by atoms with van der Waals surface area (Å²) in [5, 5.41) is 30.8. The van der Waals surface area contributed by atoms with E-state index in [-0.39, 0.29) is 29.3 Å². The number of fused-ring (bicyclic) bond motifs is 4. The first-order valence-electron chi connectivity index (χ1n) is 9.01. The second kappa shape index (κ2) is 6.54. The number of allylic oxidation sites excluding steroid dienone is 2. The molecule has 0 unspecified atom stereocenters. The van der Waals surface area contributed by atoms with Crippen LogP contribution in [0.15, 0.2) is 41.1 Å². The van der Waals surface area contributed by atoms with Crippen LogP contribution in [-0.4, -0.2) is 24.0 Å². The van der Waals surface area contributed by atoms with Gasteiger partial charge in [-0.25, -0.2) is 0 Å². The molecule has 1 fully saturated rings. The van der Waals surface area contributed by atoms with Crippen LogP contribution in [0.1, 0.15) is 24.3 Å². The van der Waals surface area contributed by atoms with Gasteiger partial charge in [-0.3, -0.25) is 4.90 Å². The second-order valence-corrected chi connectivity index (χ2v) is 8.42. The third-order valence-electron chi connectivity index (χ3n) is 6.53. The van der Waals surface area contributed by atoms with E-state index in [1.54, 1.807) is 18.2 Å². The fraction of sp³-hybridized carbons (Fsp3) is 0.381. The van der Waals surface area contributed by atoms with Gasteiger partial charge in [-0.15, -0.1) is 0 Å². The molecule has 2 bridgehead atoms. The Bertz CT molecular complexity index is 1040. The van der Waals surface area contributed by atoms with Crippen molar-refractivity contribution in [1.29, 1.82) is 15.8 Å². The highest BCUT2D eigenvalue weighted by atomic mass is 35.5. The highest BCUT2D eigenvalue weighted by Crippen LogP contribution is 2.58. The fourth-order valence-electron chi connectivity index (χ4n) is 5.17. The van der Waals surface area contributed by atoms with E-state index in [4.69, 9.17) is 28.9 Å². The standard InChI is InChI=1S/C21H17Cl2N5/c1-28-12-3-5-17(28)18-13(7-12)14(8-24)20(27)21(9-25,10-26)19(18)11-2-4-15(22)16(23)6-11/h2,4,6-7,12,17-19H,3,5,27H2,1H3/t12-,17+,18+,19-/m0/s1. The van der Waals surface area contributed by atoms with Crippen molar-refractivity contribution in [1.82, 2.24) is 4.90 Å². The molecule has 0 aromatic heterocycles. The van der Waals surface area contributed by atoms with Crippen LogP contribution in [0.4, 0.5) is 0 Å². The topological polar surface area (TPSA) is 101 Å². The van der Waals surface area contributed by atoms with Crippen LogP contribution < -0.4 is 5.73 Å². The average molecular weight is 410 g/mol. The minimum absolute atomic E-state index is 0.0301. The van der Waals surface area contributed by atoms with Crippen LogP contribution in [0.3, 0.4) is 0 Å². The summed E-state index contributed by atoms with van der Waals surface area (Å²) in [5.41, 5.74) is 6.57. The lowest BCUT2D eigenvalue weighted by Crippen LogP contribution is -2.51. The van der Waals surface area contributed by atoms with Crippen LogP contribution in [0, 0.1) is 45.3 Å². The van der Waals surface area contributed by atoms with Gasteiger partial charge in [-0.05, 0) is 43.2 Å². The maximum absolute atomic E-state index is 10.1. The number of nitrogens with two attached hydrogens (primary N) is 1. The quantitative estimate of drug-likeness (QED) is 0.757. The molecule has 0 radical (unpaired) electrons. The van der Waals surface area contributed by atoms with Crippen molar-refractivity contribution in [2.45, 2.75) is 30.8 Å². The average Bonchev–Trinajstić information content (AvgIpc) is 2.93. The maximum atomic E-state index is 10.1. The number of halogens is 2. The number of benzene rings is 1. The van der Waals surface area contributed by atoms with Crippen molar-refractivity contribution in [3.05, 3.63) is 56.7 Å². The number of rotatable bonds is 1. The molecule has 2 aliphatic heterocycles. The van der Waals surface area contributed by atoms with Gasteiger partial charge in [0.25, 0.3) is 0 Å². The van der Waals surface area contributed by atoms with Crippen LogP contribution >= 0.6 is 23.2 Å². The van der Waals surface area contributed by atoms with Crippen LogP contribution in [-0.2, 0) is 0 Å². The first-order valence-corrected chi connectivity index (χ1v) is 9.77. The molecule has 0 amide bonds. The van der Waals surface area contributed by atoms with Crippen molar-refractivity contribution in [3.63, 3.8) is 0 Å². The van der Waals surface area contributed by atoms with Crippen molar-refractivity contribution in [2.75, 3.05) is 7.05 Å². The Labute approximate surface area is 173 Å². The third kappa shape index (κ3) is 2.33. The molecule has 1 aromatic rings. The van der Waals surface area contributed by atoms with E-state index in [0.717, 1.165) is 24.0 Å². The SMILES string of the molecule is CN1[C@@H]2C=C3C(C#N)=C(N)C(C#N)(C#N)[C@@H](c4ccc(Cl)c(Cl)c4)[C@H]3[C@H]1CC2. The van der Waals surface area contributed by atoms with E-state index in [1.807, 2.05) is 0 Å². The summed E-state index contributed by atoms with van der Waals surface area (Å²) < 4.78 is 0. The van der Waals surface area contributed by atoms with E-state index in [2.05, 4.69) is 36.2 Å². The first-order chi connectivity index (χ1) is 13.4. The zero-order valence-corrected chi connectivity index (χ0v) is 16.7. The molecule has 7 heteroatoms. The molecule has 1 saturated heterocycles. The molecule has 0 spiro atoms. The Kier molecular flexibility index (Phi) is 4.40. The van der Waals surface area contributed by atoms with Crippen molar-refractivity contribution >= 4 is 23.2 Å². The lowest BCUT2D eigenvalue weighted by molar-refractivity contribution is 0.160. The van der Waals surface area contributed by atoms with Gasteiger partial charge in [-0.2, -0.15) is 15.8 Å². The van der Waals surface area contributed by atoms with E-state index in [9.17, 15) is 15.8 Å². The second-order valence-electron chi connectivity index (χ2n) is 7.61. The summed E-state index contributed by atoms with van der Waals surface area (Å²) in [6, 6.07) is 12.0. The van der Waals surface area contributed by atoms with Gasteiger partial charge in [0.15, 0.2) is 5.41 Å².